The van der Waals surface area contributed by atoms with E-state index in [1.807, 2.05) is 31.2 Å². The largest absolute Gasteiger partial charge is 0.494 e. The molecule has 0 spiro atoms. The number of halogens is 1. The Balaban J connectivity index is 2.14. The minimum atomic E-state index is -0.663. The summed E-state index contributed by atoms with van der Waals surface area (Å²) in [5, 5.41) is 0. The molecule has 0 N–H and O–H groups in total. The van der Waals surface area contributed by atoms with E-state index in [0.717, 1.165) is 11.3 Å². The highest BCUT2D eigenvalue weighted by molar-refractivity contribution is 5.92. The van der Waals surface area contributed by atoms with Crippen LogP contribution in [0.3, 0.4) is 0 Å². The molecule has 21 heavy (non-hydrogen) atoms. The van der Waals surface area contributed by atoms with Gasteiger partial charge in [-0.3, -0.25) is 4.79 Å². The molecule has 0 saturated carbocycles. The lowest BCUT2D eigenvalue weighted by atomic mass is 10.2. The number of nitrogens with zero attached hydrogens (tertiary/aromatic N) is 2. The number of hydrogen-bond acceptors (Lipinski definition) is 3. The number of para-hydroxylation sites is 1. The Bertz CT molecular complexity index is 631. The van der Waals surface area contributed by atoms with Crippen LogP contribution in [0.2, 0.25) is 0 Å². The van der Waals surface area contributed by atoms with Crippen molar-refractivity contribution in [3.05, 3.63) is 59.7 Å². The summed E-state index contributed by atoms with van der Waals surface area (Å²) in [7, 11) is 1.65. The highest BCUT2D eigenvalue weighted by atomic mass is 19.1. The van der Waals surface area contributed by atoms with E-state index in [-0.39, 0.29) is 11.6 Å². The summed E-state index contributed by atoms with van der Waals surface area (Å²) in [5.41, 5.74) is 0.984. The highest BCUT2D eigenvalue weighted by Crippen LogP contribution is 2.20. The van der Waals surface area contributed by atoms with Crippen LogP contribution in [0.15, 0.2) is 42.5 Å². The number of carbonyl (C=O) groups is 1. The van der Waals surface area contributed by atoms with Gasteiger partial charge in [0.2, 0.25) is 5.95 Å². The van der Waals surface area contributed by atoms with Crippen LogP contribution in [-0.4, -0.2) is 29.4 Å². The molecule has 1 aromatic heterocycles. The van der Waals surface area contributed by atoms with Crippen molar-refractivity contribution in [1.82, 2.24) is 9.88 Å². The first-order valence-corrected chi connectivity index (χ1v) is 6.70. The number of aromatic nitrogens is 1. The van der Waals surface area contributed by atoms with Crippen LogP contribution in [0.4, 0.5) is 4.39 Å². The molecular formula is C16H17FN2O2. The Morgan fingerprint density at radius 1 is 1.24 bits per heavy atom. The Hall–Kier alpha value is -2.43. The molecule has 1 amide bonds. The second-order valence-electron chi connectivity index (χ2n) is 4.55. The second kappa shape index (κ2) is 6.83. The summed E-state index contributed by atoms with van der Waals surface area (Å²) in [5.74, 6) is -0.253. The summed E-state index contributed by atoms with van der Waals surface area (Å²) in [6.45, 7) is 2.83. The normalized spacial score (nSPS) is 10.2. The Labute approximate surface area is 123 Å². The first kappa shape index (κ1) is 15.0. The standard InChI is InChI=1S/C16H17FN2O2/c1-3-21-14-9-5-4-7-12(14)11-19(2)16(20)13-8-6-10-15(17)18-13/h4-10H,3,11H2,1-2H3. The topological polar surface area (TPSA) is 42.4 Å². The van der Waals surface area contributed by atoms with Gasteiger partial charge >= 0.3 is 0 Å². The molecule has 110 valence electrons. The van der Waals surface area contributed by atoms with Crippen molar-refractivity contribution in [2.45, 2.75) is 13.5 Å². The molecule has 2 rings (SSSR count). The van der Waals surface area contributed by atoms with Crippen molar-refractivity contribution >= 4 is 5.91 Å². The third kappa shape index (κ3) is 3.78. The lowest BCUT2D eigenvalue weighted by Gasteiger charge is -2.18. The van der Waals surface area contributed by atoms with Gasteiger partial charge in [0.05, 0.1) is 6.61 Å². The third-order valence-corrected chi connectivity index (χ3v) is 2.96. The van der Waals surface area contributed by atoms with Gasteiger partial charge in [0.15, 0.2) is 0 Å². The van der Waals surface area contributed by atoms with Gasteiger partial charge in [-0.25, -0.2) is 4.98 Å². The van der Waals surface area contributed by atoms with Crippen molar-refractivity contribution in [3.8, 4) is 5.75 Å². The van der Waals surface area contributed by atoms with Crippen molar-refractivity contribution in [2.24, 2.45) is 0 Å². The molecule has 0 aliphatic rings. The SMILES string of the molecule is CCOc1ccccc1CN(C)C(=O)c1cccc(F)n1. The van der Waals surface area contributed by atoms with E-state index in [2.05, 4.69) is 4.98 Å². The molecule has 0 aliphatic heterocycles. The van der Waals surface area contributed by atoms with Crippen LogP contribution in [0, 0.1) is 5.95 Å². The number of amides is 1. The van der Waals surface area contributed by atoms with Crippen molar-refractivity contribution < 1.29 is 13.9 Å². The number of rotatable bonds is 5. The summed E-state index contributed by atoms with van der Waals surface area (Å²) < 4.78 is 18.6. The maximum Gasteiger partial charge on any atom is 0.272 e. The van der Waals surface area contributed by atoms with Gasteiger partial charge in [-0.05, 0) is 25.1 Å². The molecule has 4 nitrogen and oxygen atoms in total. The average molecular weight is 288 g/mol. The highest BCUT2D eigenvalue weighted by Gasteiger charge is 2.15. The van der Waals surface area contributed by atoms with E-state index in [1.165, 1.54) is 23.1 Å². The zero-order valence-corrected chi connectivity index (χ0v) is 12.0. The smallest absolute Gasteiger partial charge is 0.272 e. The Kier molecular flexibility index (Phi) is 4.87. The number of benzene rings is 1. The molecule has 0 unspecified atom stereocenters. The molecule has 2 aromatic rings. The van der Waals surface area contributed by atoms with Gasteiger partial charge in [0.25, 0.3) is 5.91 Å². The van der Waals surface area contributed by atoms with Crippen LogP contribution in [0.25, 0.3) is 0 Å². The van der Waals surface area contributed by atoms with E-state index in [1.54, 1.807) is 7.05 Å². The van der Waals surface area contributed by atoms with Crippen LogP contribution in [-0.2, 0) is 6.54 Å². The summed E-state index contributed by atoms with van der Waals surface area (Å²) in [4.78, 5) is 17.3. The van der Waals surface area contributed by atoms with Crippen molar-refractivity contribution in [3.63, 3.8) is 0 Å². The quantitative estimate of drug-likeness (QED) is 0.794. The molecule has 0 saturated heterocycles. The first-order valence-electron chi connectivity index (χ1n) is 6.70. The number of pyridine rings is 1. The molecule has 0 aliphatic carbocycles. The van der Waals surface area contributed by atoms with E-state index in [9.17, 15) is 9.18 Å². The molecule has 0 bridgehead atoms. The minimum absolute atomic E-state index is 0.0893. The molecule has 5 heteroatoms. The Morgan fingerprint density at radius 3 is 2.71 bits per heavy atom. The fourth-order valence-electron chi connectivity index (χ4n) is 1.98. The fourth-order valence-corrected chi connectivity index (χ4v) is 1.98. The van der Waals surface area contributed by atoms with Crippen LogP contribution < -0.4 is 4.74 Å². The van der Waals surface area contributed by atoms with Crippen LogP contribution in [0.1, 0.15) is 23.0 Å². The number of ether oxygens (including phenoxy) is 1. The van der Waals surface area contributed by atoms with Gasteiger partial charge in [-0.1, -0.05) is 24.3 Å². The monoisotopic (exact) mass is 288 g/mol. The summed E-state index contributed by atoms with van der Waals surface area (Å²) in [6, 6.07) is 11.7. The number of hydrogen-bond donors (Lipinski definition) is 0. The van der Waals surface area contributed by atoms with Crippen molar-refractivity contribution in [1.29, 1.82) is 0 Å². The van der Waals surface area contributed by atoms with Gasteiger partial charge in [0, 0.05) is 19.2 Å². The Morgan fingerprint density at radius 2 is 2.00 bits per heavy atom. The fraction of sp³-hybridized carbons (Fsp3) is 0.250. The van der Waals surface area contributed by atoms with E-state index in [4.69, 9.17) is 4.74 Å². The molecular weight excluding hydrogens is 271 g/mol. The predicted octanol–water partition coefficient (Wildman–Crippen LogP) is 2.89. The summed E-state index contributed by atoms with van der Waals surface area (Å²) in [6.07, 6.45) is 0. The zero-order chi connectivity index (χ0) is 15.2. The van der Waals surface area contributed by atoms with Gasteiger partial charge < -0.3 is 9.64 Å². The van der Waals surface area contributed by atoms with Gasteiger partial charge in [0.1, 0.15) is 11.4 Å². The lowest BCUT2D eigenvalue weighted by Crippen LogP contribution is -2.27. The van der Waals surface area contributed by atoms with Gasteiger partial charge in [-0.2, -0.15) is 4.39 Å². The number of carbonyl (C=O) groups excluding carboxylic acids is 1. The molecule has 0 radical (unpaired) electrons. The average Bonchev–Trinajstić information content (AvgIpc) is 2.48. The molecule has 0 fully saturated rings. The van der Waals surface area contributed by atoms with E-state index >= 15 is 0 Å². The summed E-state index contributed by atoms with van der Waals surface area (Å²) >= 11 is 0. The van der Waals surface area contributed by atoms with E-state index in [0.29, 0.717) is 13.2 Å². The maximum absolute atomic E-state index is 13.1. The van der Waals surface area contributed by atoms with E-state index < -0.39 is 5.95 Å². The zero-order valence-electron chi connectivity index (χ0n) is 12.0. The van der Waals surface area contributed by atoms with Crippen LogP contribution >= 0.6 is 0 Å². The lowest BCUT2D eigenvalue weighted by molar-refractivity contribution is 0.0777. The molecule has 0 atom stereocenters. The first-order chi connectivity index (χ1) is 10.1. The molecule has 1 aromatic carbocycles. The maximum atomic E-state index is 13.1. The second-order valence-corrected chi connectivity index (χ2v) is 4.55. The minimum Gasteiger partial charge on any atom is -0.494 e. The molecule has 1 heterocycles. The van der Waals surface area contributed by atoms with Crippen LogP contribution in [0.5, 0.6) is 5.75 Å². The third-order valence-electron chi connectivity index (χ3n) is 2.96. The van der Waals surface area contributed by atoms with Gasteiger partial charge in [-0.15, -0.1) is 0 Å². The van der Waals surface area contributed by atoms with Crippen molar-refractivity contribution in [2.75, 3.05) is 13.7 Å². The predicted molar refractivity (Wildman–Crippen MR) is 77.6 cm³/mol.